The van der Waals surface area contributed by atoms with E-state index in [4.69, 9.17) is 16.1 Å². The molecule has 0 aliphatic carbocycles. The minimum atomic E-state index is -6.22. The van der Waals surface area contributed by atoms with Crippen LogP contribution in [0.5, 0.6) is 0 Å². The number of rotatable bonds is 4. The smallest absolute Gasteiger partial charge is 0.435 e. The van der Waals surface area contributed by atoms with E-state index in [0.29, 0.717) is 17.7 Å². The largest absolute Gasteiger partial charge is 0.465 e. The van der Waals surface area contributed by atoms with Gasteiger partial charge in [-0.1, -0.05) is 28.9 Å². The van der Waals surface area contributed by atoms with E-state index in [1.807, 2.05) is 0 Å². The molecule has 2 aromatic carbocycles. The predicted octanol–water partition coefficient (Wildman–Crippen LogP) is 7.35. The van der Waals surface area contributed by atoms with Gasteiger partial charge in [-0.3, -0.25) is 0 Å². The lowest BCUT2D eigenvalue weighted by molar-refractivity contribution is -0.348. The van der Waals surface area contributed by atoms with Crippen LogP contribution in [0.15, 0.2) is 40.9 Å². The van der Waals surface area contributed by atoms with Crippen molar-refractivity contribution in [2.24, 2.45) is 0 Å². The van der Waals surface area contributed by atoms with Crippen molar-refractivity contribution in [1.29, 1.82) is 0 Å². The number of ether oxygens (including phenoxy) is 1. The number of aromatic nitrogens is 1. The highest BCUT2D eigenvalue weighted by atomic mass is 35.5. The molecule has 34 heavy (non-hydrogen) atoms. The van der Waals surface area contributed by atoms with Gasteiger partial charge in [0.05, 0.1) is 17.7 Å². The van der Waals surface area contributed by atoms with E-state index in [-0.39, 0.29) is 38.7 Å². The second-order valence-corrected chi connectivity index (χ2v) is 7.81. The number of esters is 1. The molecule has 1 aromatic heterocycles. The van der Waals surface area contributed by atoms with Crippen LogP contribution in [0.3, 0.4) is 0 Å². The van der Waals surface area contributed by atoms with Gasteiger partial charge >= 0.3 is 24.0 Å². The average molecular weight is 510 g/mol. The summed E-state index contributed by atoms with van der Waals surface area (Å²) < 4.78 is 103. The number of benzene rings is 2. The van der Waals surface area contributed by atoms with Crippen LogP contribution in [0.4, 0.5) is 30.7 Å². The zero-order valence-corrected chi connectivity index (χ0v) is 18.4. The molecule has 1 heterocycles. The van der Waals surface area contributed by atoms with Gasteiger partial charge in [-0.2, -0.15) is 26.3 Å². The topological polar surface area (TPSA) is 52.3 Å². The van der Waals surface area contributed by atoms with Gasteiger partial charge in [0.2, 0.25) is 0 Å². The minimum Gasteiger partial charge on any atom is -0.465 e. The SMILES string of the molecule is COC(=O)c1cc(-c2cc(-c3c(C)cc(C(F)(C(F)(F)F)C(F)(F)F)cc3C)no2)ccc1Cl. The molecule has 3 aromatic rings. The van der Waals surface area contributed by atoms with Crippen LogP contribution in [0.25, 0.3) is 22.6 Å². The van der Waals surface area contributed by atoms with E-state index >= 15 is 0 Å². The quantitative estimate of drug-likeness (QED) is 0.272. The van der Waals surface area contributed by atoms with E-state index in [1.165, 1.54) is 38.1 Å². The molecule has 0 fully saturated rings. The Labute approximate surface area is 193 Å². The number of carbonyl (C=O) groups excluding carboxylic acids is 1. The van der Waals surface area contributed by atoms with E-state index in [9.17, 15) is 35.5 Å². The summed E-state index contributed by atoms with van der Waals surface area (Å²) in [5.74, 6) is -0.581. The summed E-state index contributed by atoms with van der Waals surface area (Å²) in [4.78, 5) is 11.8. The highest BCUT2D eigenvalue weighted by Gasteiger charge is 2.73. The van der Waals surface area contributed by atoms with Gasteiger partial charge in [-0.15, -0.1) is 0 Å². The first kappa shape index (κ1) is 25.5. The summed E-state index contributed by atoms with van der Waals surface area (Å²) in [5.41, 5.74) is -6.68. The molecule has 4 nitrogen and oxygen atoms in total. The lowest BCUT2D eigenvalue weighted by Gasteiger charge is -2.31. The van der Waals surface area contributed by atoms with E-state index in [1.54, 1.807) is 0 Å². The summed E-state index contributed by atoms with van der Waals surface area (Å²) in [7, 11) is 1.16. The van der Waals surface area contributed by atoms with Crippen molar-refractivity contribution in [3.63, 3.8) is 0 Å². The van der Waals surface area contributed by atoms with Crippen molar-refractivity contribution in [1.82, 2.24) is 5.16 Å². The van der Waals surface area contributed by atoms with Gasteiger partial charge in [-0.25, -0.2) is 9.18 Å². The fourth-order valence-corrected chi connectivity index (χ4v) is 3.72. The van der Waals surface area contributed by atoms with E-state index in [0.717, 1.165) is 7.11 Å². The van der Waals surface area contributed by atoms with Crippen molar-refractivity contribution in [2.75, 3.05) is 7.11 Å². The molecule has 0 spiro atoms. The van der Waals surface area contributed by atoms with Gasteiger partial charge in [-0.05, 0) is 43.2 Å². The van der Waals surface area contributed by atoms with Crippen molar-refractivity contribution in [3.8, 4) is 22.6 Å². The van der Waals surface area contributed by atoms with Crippen molar-refractivity contribution in [2.45, 2.75) is 31.9 Å². The third-order valence-corrected chi connectivity index (χ3v) is 5.46. The standard InChI is InChI=1S/C22H15ClF7NO3/c1-10-6-13(20(24,21(25,26)27)22(28,29)30)7-11(2)18(10)16-9-17(34-31-16)12-4-5-15(23)14(8-12)19(32)33-3/h4-9H,1-3H3. The molecule has 0 atom stereocenters. The Morgan fingerprint density at radius 1 is 0.941 bits per heavy atom. The maximum atomic E-state index is 14.5. The zero-order valence-electron chi connectivity index (χ0n) is 17.7. The molecule has 0 unspecified atom stereocenters. The third-order valence-electron chi connectivity index (χ3n) is 5.13. The van der Waals surface area contributed by atoms with Crippen molar-refractivity contribution >= 4 is 17.6 Å². The second-order valence-electron chi connectivity index (χ2n) is 7.40. The average Bonchev–Trinajstić information content (AvgIpc) is 3.20. The summed E-state index contributed by atoms with van der Waals surface area (Å²) >= 11 is 5.98. The Balaban J connectivity index is 2.09. The summed E-state index contributed by atoms with van der Waals surface area (Å²) in [6, 6.07) is 6.61. The molecule has 0 amide bonds. The number of hydrogen-bond donors (Lipinski definition) is 0. The Hall–Kier alpha value is -3.08. The predicted molar refractivity (Wildman–Crippen MR) is 108 cm³/mol. The first-order chi connectivity index (χ1) is 15.6. The first-order valence-electron chi connectivity index (χ1n) is 9.41. The number of hydrogen-bond acceptors (Lipinski definition) is 4. The molecule has 3 rings (SSSR count). The molecule has 12 heteroatoms. The third kappa shape index (κ3) is 4.24. The van der Waals surface area contributed by atoms with Crippen LogP contribution in [0.2, 0.25) is 5.02 Å². The van der Waals surface area contributed by atoms with Gasteiger partial charge in [0.1, 0.15) is 5.69 Å². The highest BCUT2D eigenvalue weighted by Crippen LogP contribution is 2.54. The summed E-state index contributed by atoms with van der Waals surface area (Å²) in [6.07, 6.45) is -12.4. The molecule has 0 bridgehead atoms. The maximum Gasteiger partial charge on any atom is 0.435 e. The van der Waals surface area contributed by atoms with E-state index in [2.05, 4.69) is 9.89 Å². The Kier molecular flexibility index (Phi) is 6.47. The van der Waals surface area contributed by atoms with Gasteiger partial charge in [0.15, 0.2) is 5.76 Å². The number of carbonyl (C=O) groups is 1. The minimum absolute atomic E-state index is 0.0370. The number of halogens is 8. The molecule has 0 radical (unpaired) electrons. The number of nitrogens with zero attached hydrogens (tertiary/aromatic N) is 1. The fourth-order valence-electron chi connectivity index (χ4n) is 3.53. The van der Waals surface area contributed by atoms with Gasteiger partial charge < -0.3 is 9.26 Å². The lowest BCUT2D eigenvalue weighted by Crippen LogP contribution is -2.50. The lowest BCUT2D eigenvalue weighted by atomic mass is 9.88. The molecule has 0 saturated heterocycles. The van der Waals surface area contributed by atoms with E-state index < -0.39 is 29.6 Å². The van der Waals surface area contributed by atoms with Crippen LogP contribution in [0, 0.1) is 13.8 Å². The normalized spacial score (nSPS) is 12.7. The fraction of sp³-hybridized carbons (Fsp3) is 0.273. The molecule has 0 saturated carbocycles. The van der Waals surface area contributed by atoms with Gasteiger partial charge in [0.25, 0.3) is 0 Å². The van der Waals surface area contributed by atoms with Crippen LogP contribution in [-0.4, -0.2) is 30.6 Å². The zero-order chi connectivity index (χ0) is 25.6. The molecular formula is C22H15ClF7NO3. The van der Waals surface area contributed by atoms with Gasteiger partial charge in [0, 0.05) is 22.8 Å². The van der Waals surface area contributed by atoms with Crippen molar-refractivity contribution in [3.05, 3.63) is 63.7 Å². The monoisotopic (exact) mass is 509 g/mol. The summed E-state index contributed by atoms with van der Waals surface area (Å²) in [5, 5.41) is 3.94. The maximum absolute atomic E-state index is 14.5. The van der Waals surface area contributed by atoms with Crippen LogP contribution < -0.4 is 0 Å². The van der Waals surface area contributed by atoms with Crippen molar-refractivity contribution < 1.29 is 44.8 Å². The summed E-state index contributed by atoms with van der Waals surface area (Å²) in [6.45, 7) is 2.45. The molecule has 0 aliphatic rings. The molecule has 182 valence electrons. The Bertz CT molecular complexity index is 1210. The number of aryl methyl sites for hydroxylation is 2. The molecule has 0 N–H and O–H groups in total. The Morgan fingerprint density at radius 2 is 1.50 bits per heavy atom. The number of methoxy groups -OCH3 is 1. The van der Waals surface area contributed by atoms with Crippen LogP contribution in [0.1, 0.15) is 27.0 Å². The molecule has 0 aliphatic heterocycles. The second kappa shape index (κ2) is 8.61. The Morgan fingerprint density at radius 3 is 2.00 bits per heavy atom. The van der Waals surface area contributed by atoms with Crippen LogP contribution >= 0.6 is 11.6 Å². The number of alkyl halides is 7. The molecular weight excluding hydrogens is 495 g/mol. The first-order valence-corrected chi connectivity index (χ1v) is 9.79. The highest BCUT2D eigenvalue weighted by molar-refractivity contribution is 6.33. The van der Waals surface area contributed by atoms with Crippen LogP contribution in [-0.2, 0) is 10.4 Å².